The molecule has 150 valence electrons. The molecule has 29 heavy (non-hydrogen) atoms. The van der Waals surface area contributed by atoms with E-state index in [2.05, 4.69) is 30.5 Å². The fourth-order valence-electron chi connectivity index (χ4n) is 2.91. The van der Waals surface area contributed by atoms with Crippen molar-refractivity contribution < 1.29 is 9.59 Å². The van der Waals surface area contributed by atoms with Gasteiger partial charge >= 0.3 is 6.03 Å². The number of aromatic nitrogens is 3. The Morgan fingerprint density at radius 3 is 2.59 bits per heavy atom. The van der Waals surface area contributed by atoms with E-state index in [0.29, 0.717) is 29.0 Å². The molecule has 4 rings (SSSR count). The number of hydrogen-bond donors (Lipinski definition) is 2. The number of amides is 3. The number of carbonyl (C=O) groups is 2. The maximum Gasteiger partial charge on any atom is 0.323 e. The van der Waals surface area contributed by atoms with Gasteiger partial charge in [-0.1, -0.05) is 6.07 Å². The van der Waals surface area contributed by atoms with Crippen LogP contribution in [0.25, 0.3) is 0 Å². The minimum absolute atomic E-state index is 0.134. The summed E-state index contributed by atoms with van der Waals surface area (Å²) in [5, 5.41) is 10.2. The highest BCUT2D eigenvalue weighted by atomic mass is 32.1. The number of anilines is 3. The number of carbonyl (C=O) groups excluding carboxylic acids is 2. The summed E-state index contributed by atoms with van der Waals surface area (Å²) >= 11 is 2.67. The van der Waals surface area contributed by atoms with E-state index in [9.17, 15) is 9.59 Å². The summed E-state index contributed by atoms with van der Waals surface area (Å²) in [5.74, 6) is 0.738. The molecule has 3 aromatic heterocycles. The van der Waals surface area contributed by atoms with E-state index in [1.54, 1.807) is 28.1 Å². The molecule has 2 N–H and O–H groups in total. The molecule has 1 aliphatic rings. The molecule has 0 unspecified atom stereocenters. The van der Waals surface area contributed by atoms with Crippen LogP contribution in [0.2, 0.25) is 0 Å². The Morgan fingerprint density at radius 2 is 1.86 bits per heavy atom. The van der Waals surface area contributed by atoms with Gasteiger partial charge in [-0.2, -0.15) is 0 Å². The normalized spacial score (nSPS) is 13.9. The number of rotatable bonds is 5. The van der Waals surface area contributed by atoms with Crippen molar-refractivity contribution in [2.24, 2.45) is 0 Å². The Hall–Kier alpha value is -3.05. The second kappa shape index (κ2) is 8.97. The van der Waals surface area contributed by atoms with Gasteiger partial charge in [-0.3, -0.25) is 10.1 Å². The van der Waals surface area contributed by atoms with Gasteiger partial charge in [0.05, 0.1) is 12.1 Å². The number of piperazine rings is 1. The smallest absolute Gasteiger partial charge is 0.323 e. The van der Waals surface area contributed by atoms with E-state index >= 15 is 0 Å². The summed E-state index contributed by atoms with van der Waals surface area (Å²) in [4.78, 5) is 41.2. The first-order valence-electron chi connectivity index (χ1n) is 9.03. The molecule has 0 radical (unpaired) electrons. The first kappa shape index (κ1) is 19.3. The zero-order chi connectivity index (χ0) is 20.1. The highest BCUT2D eigenvalue weighted by molar-refractivity contribution is 7.14. The van der Waals surface area contributed by atoms with Crippen LogP contribution in [0.1, 0.15) is 5.69 Å². The molecule has 0 saturated carbocycles. The van der Waals surface area contributed by atoms with Gasteiger partial charge in [-0.25, -0.2) is 19.7 Å². The van der Waals surface area contributed by atoms with Crippen molar-refractivity contribution >= 4 is 50.7 Å². The number of nitrogens with zero attached hydrogens (tertiary/aromatic N) is 5. The van der Waals surface area contributed by atoms with Gasteiger partial charge in [-0.05, 0) is 12.1 Å². The highest BCUT2D eigenvalue weighted by Gasteiger charge is 2.22. The predicted octanol–water partition coefficient (Wildman–Crippen LogP) is 2.53. The maximum atomic E-state index is 12.5. The van der Waals surface area contributed by atoms with Crippen LogP contribution in [0, 0.1) is 0 Å². The minimum atomic E-state index is -0.186. The van der Waals surface area contributed by atoms with Crippen LogP contribution in [0.15, 0.2) is 41.4 Å². The van der Waals surface area contributed by atoms with Crippen molar-refractivity contribution in [1.29, 1.82) is 0 Å². The van der Waals surface area contributed by atoms with Crippen molar-refractivity contribution in [3.8, 4) is 0 Å². The van der Waals surface area contributed by atoms with Crippen molar-refractivity contribution in [2.75, 3.05) is 41.7 Å². The molecule has 1 saturated heterocycles. The van der Waals surface area contributed by atoms with Crippen LogP contribution in [-0.4, -0.2) is 58.0 Å². The van der Waals surface area contributed by atoms with E-state index in [1.807, 2.05) is 18.2 Å². The van der Waals surface area contributed by atoms with Gasteiger partial charge in [0, 0.05) is 49.3 Å². The zero-order valence-electron chi connectivity index (χ0n) is 15.4. The average molecular weight is 430 g/mol. The first-order chi connectivity index (χ1) is 14.2. The third-order valence-corrected chi connectivity index (χ3v) is 5.82. The highest BCUT2D eigenvalue weighted by Crippen LogP contribution is 2.18. The fourth-order valence-corrected chi connectivity index (χ4v) is 4.15. The van der Waals surface area contributed by atoms with Crippen molar-refractivity contribution in [2.45, 2.75) is 6.42 Å². The summed E-state index contributed by atoms with van der Waals surface area (Å²) < 4.78 is 0. The average Bonchev–Trinajstić information content (AvgIpc) is 3.41. The van der Waals surface area contributed by atoms with Crippen LogP contribution < -0.4 is 15.5 Å². The van der Waals surface area contributed by atoms with E-state index in [0.717, 1.165) is 18.9 Å². The van der Waals surface area contributed by atoms with Crippen LogP contribution in [0.5, 0.6) is 0 Å². The second-order valence-electron chi connectivity index (χ2n) is 6.30. The minimum Gasteiger partial charge on any atom is -0.353 e. The summed E-state index contributed by atoms with van der Waals surface area (Å²) in [7, 11) is 0. The van der Waals surface area contributed by atoms with Gasteiger partial charge in [0.2, 0.25) is 5.91 Å². The SMILES string of the molecule is O=C(Cc1csc(NC(=O)N2CCN(c3ccccn3)CC2)n1)Nc1nccs1. The molecule has 0 atom stereocenters. The van der Waals surface area contributed by atoms with Crippen LogP contribution >= 0.6 is 22.7 Å². The Morgan fingerprint density at radius 1 is 1.00 bits per heavy atom. The monoisotopic (exact) mass is 429 g/mol. The molecule has 3 amide bonds. The lowest BCUT2D eigenvalue weighted by Gasteiger charge is -2.35. The van der Waals surface area contributed by atoms with Crippen LogP contribution in [0.4, 0.5) is 20.9 Å². The topological polar surface area (TPSA) is 103 Å². The molecule has 1 aliphatic heterocycles. The van der Waals surface area contributed by atoms with E-state index < -0.39 is 0 Å². The number of nitrogens with one attached hydrogen (secondary N) is 2. The van der Waals surface area contributed by atoms with Crippen molar-refractivity contribution in [1.82, 2.24) is 19.9 Å². The molecule has 1 fully saturated rings. The molecule has 4 heterocycles. The van der Waals surface area contributed by atoms with Gasteiger partial charge < -0.3 is 15.1 Å². The lowest BCUT2D eigenvalue weighted by atomic mass is 10.3. The molecule has 3 aromatic rings. The Bertz CT molecular complexity index is 954. The van der Waals surface area contributed by atoms with E-state index in [4.69, 9.17) is 0 Å². The Kier molecular flexibility index (Phi) is 5.96. The lowest BCUT2D eigenvalue weighted by molar-refractivity contribution is -0.115. The van der Waals surface area contributed by atoms with Gasteiger partial charge in [0.25, 0.3) is 0 Å². The zero-order valence-corrected chi connectivity index (χ0v) is 17.1. The molecule has 0 spiro atoms. The summed E-state index contributed by atoms with van der Waals surface area (Å²) in [6.45, 7) is 2.67. The van der Waals surface area contributed by atoms with E-state index in [-0.39, 0.29) is 18.4 Å². The molecular formula is C18H19N7O2S2. The Labute approximate surface area is 175 Å². The third kappa shape index (κ3) is 5.06. The summed E-state index contributed by atoms with van der Waals surface area (Å²) in [6, 6.07) is 5.63. The van der Waals surface area contributed by atoms with Crippen molar-refractivity contribution in [3.05, 3.63) is 47.0 Å². The lowest BCUT2D eigenvalue weighted by Crippen LogP contribution is -2.50. The second-order valence-corrected chi connectivity index (χ2v) is 8.05. The first-order valence-corrected chi connectivity index (χ1v) is 10.8. The number of urea groups is 1. The van der Waals surface area contributed by atoms with Crippen molar-refractivity contribution in [3.63, 3.8) is 0 Å². The van der Waals surface area contributed by atoms with E-state index in [1.165, 1.54) is 22.7 Å². The summed E-state index contributed by atoms with van der Waals surface area (Å²) in [6.07, 6.45) is 3.54. The molecule has 0 aliphatic carbocycles. The number of hydrogen-bond acceptors (Lipinski definition) is 8. The molecular weight excluding hydrogens is 410 g/mol. The fraction of sp³-hybridized carbons (Fsp3) is 0.278. The van der Waals surface area contributed by atoms with Gasteiger partial charge in [-0.15, -0.1) is 22.7 Å². The Balaban J connectivity index is 1.25. The third-order valence-electron chi connectivity index (χ3n) is 4.33. The molecule has 11 heteroatoms. The van der Waals surface area contributed by atoms with Crippen LogP contribution in [0.3, 0.4) is 0 Å². The molecule has 9 nitrogen and oxygen atoms in total. The van der Waals surface area contributed by atoms with Gasteiger partial charge in [0.1, 0.15) is 5.82 Å². The van der Waals surface area contributed by atoms with Crippen LogP contribution in [-0.2, 0) is 11.2 Å². The number of pyridine rings is 1. The predicted molar refractivity (Wildman–Crippen MR) is 114 cm³/mol. The number of thiazole rings is 2. The molecule has 0 aromatic carbocycles. The maximum absolute atomic E-state index is 12.5. The quantitative estimate of drug-likeness (QED) is 0.646. The largest absolute Gasteiger partial charge is 0.353 e. The summed E-state index contributed by atoms with van der Waals surface area (Å²) in [5.41, 5.74) is 0.610. The molecule has 0 bridgehead atoms. The standard InChI is InChI=1S/C18H19N7O2S2/c26-15(22-16-20-5-10-28-16)11-13-12-29-17(21-13)23-18(27)25-8-6-24(7-9-25)14-3-1-2-4-19-14/h1-5,10,12H,6-9,11H2,(H,20,22,26)(H,21,23,27). The van der Waals surface area contributed by atoms with Gasteiger partial charge in [0.15, 0.2) is 10.3 Å².